The van der Waals surface area contributed by atoms with Gasteiger partial charge in [-0.2, -0.15) is 13.2 Å². The van der Waals surface area contributed by atoms with Gasteiger partial charge < -0.3 is 14.9 Å². The number of aromatic nitrogens is 1. The Balaban J connectivity index is 1.70. The number of rotatable bonds is 3. The molecule has 2 aliphatic heterocycles. The molecule has 1 aromatic heterocycles. The number of pyridine rings is 1. The van der Waals surface area contributed by atoms with Gasteiger partial charge >= 0.3 is 12.1 Å². The van der Waals surface area contributed by atoms with Crippen LogP contribution in [0.1, 0.15) is 30.1 Å². The van der Waals surface area contributed by atoms with E-state index in [9.17, 15) is 22.8 Å². The molecule has 6 nitrogen and oxygen atoms in total. The minimum absolute atomic E-state index is 0.163. The molecule has 2 aliphatic rings. The van der Waals surface area contributed by atoms with Crippen LogP contribution in [0.15, 0.2) is 18.3 Å². The number of likely N-dealkylation sites (tertiary alicyclic amines) is 1. The molecule has 2 fully saturated rings. The van der Waals surface area contributed by atoms with Crippen molar-refractivity contribution in [3.8, 4) is 0 Å². The summed E-state index contributed by atoms with van der Waals surface area (Å²) in [6, 6.07) is 3.23. The summed E-state index contributed by atoms with van der Waals surface area (Å²) >= 11 is 0. The second kappa shape index (κ2) is 7.36. The number of amides is 1. The van der Waals surface area contributed by atoms with Crippen molar-refractivity contribution >= 4 is 17.7 Å². The minimum atomic E-state index is -4.66. The van der Waals surface area contributed by atoms with Gasteiger partial charge in [-0.05, 0) is 30.9 Å². The van der Waals surface area contributed by atoms with Crippen LogP contribution < -0.4 is 4.90 Å². The lowest BCUT2D eigenvalue weighted by molar-refractivity contribution is -0.187. The van der Waals surface area contributed by atoms with Crippen molar-refractivity contribution in [3.63, 3.8) is 0 Å². The maximum atomic E-state index is 13.1. The molecular formula is C18H22F3N3O3. The number of aliphatic carboxylic acids is 1. The third kappa shape index (κ3) is 4.17. The third-order valence-corrected chi connectivity index (χ3v) is 5.45. The molecule has 0 aliphatic carbocycles. The summed E-state index contributed by atoms with van der Waals surface area (Å²) < 4.78 is 39.2. The van der Waals surface area contributed by atoms with Crippen LogP contribution in [0.4, 0.5) is 19.0 Å². The van der Waals surface area contributed by atoms with Crippen LogP contribution in [0, 0.1) is 17.8 Å². The van der Waals surface area contributed by atoms with Gasteiger partial charge in [0.15, 0.2) is 0 Å². The fraction of sp³-hybridized carbons (Fsp3) is 0.611. The first-order chi connectivity index (χ1) is 12.7. The molecule has 0 spiro atoms. The Morgan fingerprint density at radius 2 is 1.85 bits per heavy atom. The summed E-state index contributed by atoms with van der Waals surface area (Å²) in [6.07, 6.45) is -1.19. The number of halogens is 3. The van der Waals surface area contributed by atoms with Gasteiger partial charge in [-0.25, -0.2) is 4.98 Å². The molecule has 1 aromatic rings. The van der Waals surface area contributed by atoms with Crippen LogP contribution in [0.3, 0.4) is 0 Å². The number of piperidine rings is 1. The molecule has 0 saturated carbocycles. The Kier molecular flexibility index (Phi) is 5.30. The molecule has 3 rings (SSSR count). The van der Waals surface area contributed by atoms with Gasteiger partial charge in [0.2, 0.25) is 0 Å². The minimum Gasteiger partial charge on any atom is -0.481 e. The average molecular weight is 385 g/mol. The summed E-state index contributed by atoms with van der Waals surface area (Å²) in [4.78, 5) is 31.0. The summed E-state index contributed by atoms with van der Waals surface area (Å²) in [5.74, 6) is -4.46. The lowest BCUT2D eigenvalue weighted by atomic mass is 9.96. The Hall–Kier alpha value is -2.32. The average Bonchev–Trinajstić information content (AvgIpc) is 3.08. The number of alkyl halides is 3. The molecule has 148 valence electrons. The van der Waals surface area contributed by atoms with Gasteiger partial charge in [-0.15, -0.1) is 0 Å². The number of carbonyl (C=O) groups excluding carboxylic acids is 1. The van der Waals surface area contributed by atoms with Crippen molar-refractivity contribution in [1.29, 1.82) is 0 Å². The number of anilines is 1. The van der Waals surface area contributed by atoms with Crippen LogP contribution >= 0.6 is 0 Å². The van der Waals surface area contributed by atoms with E-state index >= 15 is 0 Å². The van der Waals surface area contributed by atoms with Crippen LogP contribution in [-0.2, 0) is 4.79 Å². The molecule has 0 radical (unpaired) electrons. The fourth-order valence-corrected chi connectivity index (χ4v) is 3.67. The van der Waals surface area contributed by atoms with Crippen molar-refractivity contribution in [2.45, 2.75) is 25.9 Å². The lowest BCUT2D eigenvalue weighted by Crippen LogP contribution is -2.34. The van der Waals surface area contributed by atoms with E-state index in [0.717, 1.165) is 36.6 Å². The normalized spacial score (nSPS) is 24.3. The summed E-state index contributed by atoms with van der Waals surface area (Å²) in [5, 5.41) is 9.06. The van der Waals surface area contributed by atoms with Crippen LogP contribution in [0.2, 0.25) is 0 Å². The highest BCUT2D eigenvalue weighted by molar-refractivity contribution is 5.94. The Labute approximate surface area is 155 Å². The molecule has 1 amide bonds. The van der Waals surface area contributed by atoms with E-state index < -0.39 is 43.0 Å². The second-order valence-electron chi connectivity index (χ2n) is 7.38. The lowest BCUT2D eigenvalue weighted by Gasteiger charge is -2.31. The molecule has 27 heavy (non-hydrogen) atoms. The smallest absolute Gasteiger partial charge is 0.394 e. The number of hydrogen-bond donors (Lipinski definition) is 1. The summed E-state index contributed by atoms with van der Waals surface area (Å²) in [5.41, 5.74) is 0.163. The quantitative estimate of drug-likeness (QED) is 0.866. The molecule has 0 bridgehead atoms. The number of carboxylic acids is 1. The SMILES string of the molecule is CC1CCN(c2ccc(C(=O)N3C[C@@H](C(F)(F)F)[C@H](C(=O)O)C3)cn2)CC1. The zero-order valence-corrected chi connectivity index (χ0v) is 14.9. The molecule has 2 atom stereocenters. The first kappa shape index (κ1) is 19.4. The Morgan fingerprint density at radius 1 is 1.19 bits per heavy atom. The zero-order valence-electron chi connectivity index (χ0n) is 14.9. The van der Waals surface area contributed by atoms with E-state index in [4.69, 9.17) is 5.11 Å². The third-order valence-electron chi connectivity index (χ3n) is 5.45. The highest BCUT2D eigenvalue weighted by Crippen LogP contribution is 2.38. The van der Waals surface area contributed by atoms with Crippen LogP contribution in [-0.4, -0.2) is 59.2 Å². The fourth-order valence-electron chi connectivity index (χ4n) is 3.67. The first-order valence-electron chi connectivity index (χ1n) is 8.96. The monoisotopic (exact) mass is 385 g/mol. The molecule has 1 N–H and O–H groups in total. The van der Waals surface area contributed by atoms with Gasteiger partial charge in [0.05, 0.1) is 17.4 Å². The summed E-state index contributed by atoms with van der Waals surface area (Å²) in [7, 11) is 0. The molecule has 0 aromatic carbocycles. The molecule has 9 heteroatoms. The largest absolute Gasteiger partial charge is 0.481 e. The Morgan fingerprint density at radius 3 is 2.33 bits per heavy atom. The van der Waals surface area contributed by atoms with E-state index in [1.54, 1.807) is 12.1 Å². The van der Waals surface area contributed by atoms with E-state index in [1.165, 1.54) is 6.20 Å². The number of carboxylic acid groups (broad SMARTS) is 1. The van der Waals surface area contributed by atoms with E-state index in [2.05, 4.69) is 16.8 Å². The standard InChI is InChI=1S/C18H22F3N3O3/c1-11-4-6-23(7-5-11)15-3-2-12(8-22-15)16(25)24-9-13(17(26)27)14(10-24)18(19,20)21/h2-3,8,11,13-14H,4-7,9-10H2,1H3,(H,26,27)/t13-,14-/m1/s1. The highest BCUT2D eigenvalue weighted by Gasteiger charge is 2.53. The van der Waals surface area contributed by atoms with Gasteiger partial charge in [-0.1, -0.05) is 6.92 Å². The number of carbonyl (C=O) groups is 2. The predicted octanol–water partition coefficient (Wildman–Crippen LogP) is 2.65. The highest BCUT2D eigenvalue weighted by atomic mass is 19.4. The van der Waals surface area contributed by atoms with Crippen molar-refractivity contribution in [2.75, 3.05) is 31.1 Å². The Bertz CT molecular complexity index is 700. The van der Waals surface area contributed by atoms with E-state index in [1.807, 2.05) is 0 Å². The molecule has 0 unspecified atom stereocenters. The van der Waals surface area contributed by atoms with E-state index in [0.29, 0.717) is 5.92 Å². The maximum Gasteiger partial charge on any atom is 0.394 e. The van der Waals surface area contributed by atoms with Crippen molar-refractivity contribution in [2.24, 2.45) is 17.8 Å². The predicted molar refractivity (Wildman–Crippen MR) is 91.4 cm³/mol. The van der Waals surface area contributed by atoms with Crippen molar-refractivity contribution < 1.29 is 27.9 Å². The second-order valence-corrected chi connectivity index (χ2v) is 7.38. The van der Waals surface area contributed by atoms with E-state index in [-0.39, 0.29) is 5.56 Å². The van der Waals surface area contributed by atoms with Gasteiger partial charge in [-0.3, -0.25) is 9.59 Å². The van der Waals surface area contributed by atoms with Gasteiger partial charge in [0, 0.05) is 32.4 Å². The number of nitrogens with zero attached hydrogens (tertiary/aromatic N) is 3. The van der Waals surface area contributed by atoms with Crippen LogP contribution in [0.25, 0.3) is 0 Å². The first-order valence-corrected chi connectivity index (χ1v) is 8.96. The van der Waals surface area contributed by atoms with Crippen molar-refractivity contribution in [1.82, 2.24) is 9.88 Å². The topological polar surface area (TPSA) is 73.7 Å². The maximum absolute atomic E-state index is 13.1. The zero-order chi connectivity index (χ0) is 19.8. The van der Waals surface area contributed by atoms with Gasteiger partial charge in [0.1, 0.15) is 5.82 Å². The molecular weight excluding hydrogens is 363 g/mol. The molecule has 2 saturated heterocycles. The van der Waals surface area contributed by atoms with Crippen LogP contribution in [0.5, 0.6) is 0 Å². The molecule has 3 heterocycles. The van der Waals surface area contributed by atoms with Crippen molar-refractivity contribution in [3.05, 3.63) is 23.9 Å². The van der Waals surface area contributed by atoms with Gasteiger partial charge in [0.25, 0.3) is 5.91 Å². The summed E-state index contributed by atoms with van der Waals surface area (Å²) in [6.45, 7) is 2.85. The number of hydrogen-bond acceptors (Lipinski definition) is 4.